The molecule has 110 valence electrons. The van der Waals surface area contributed by atoms with Crippen LogP contribution in [0, 0.1) is 17.6 Å². The first kappa shape index (κ1) is 13.9. The highest BCUT2D eigenvalue weighted by atomic mass is 19.1. The van der Waals surface area contributed by atoms with Crippen LogP contribution in [0.3, 0.4) is 0 Å². The van der Waals surface area contributed by atoms with Crippen molar-refractivity contribution in [3.63, 3.8) is 0 Å². The molecule has 1 spiro atoms. The van der Waals surface area contributed by atoms with Gasteiger partial charge in [-0.25, -0.2) is 13.2 Å². The third-order valence-electron chi connectivity index (χ3n) is 4.37. The highest BCUT2D eigenvalue weighted by Crippen LogP contribution is 2.52. The summed E-state index contributed by atoms with van der Waals surface area (Å²) in [7, 11) is 0. The number of benzene rings is 1. The van der Waals surface area contributed by atoms with E-state index in [1.54, 1.807) is 0 Å². The number of aliphatic hydroxyl groups excluding tert-OH is 2. The fraction of sp³-hybridized carbons (Fsp3) is 0.571. The van der Waals surface area contributed by atoms with Crippen LogP contribution in [-0.4, -0.2) is 34.5 Å². The van der Waals surface area contributed by atoms with Crippen LogP contribution in [0.2, 0.25) is 0 Å². The van der Waals surface area contributed by atoms with Crippen LogP contribution in [-0.2, 0) is 0 Å². The Balaban J connectivity index is 1.93. The molecular formula is C14H16F3NO2. The summed E-state index contributed by atoms with van der Waals surface area (Å²) in [5.41, 5.74) is -0.713. The molecule has 2 unspecified atom stereocenters. The van der Waals surface area contributed by atoms with E-state index in [9.17, 15) is 23.4 Å². The maximum absolute atomic E-state index is 14.7. The number of aliphatic hydroxyl groups is 2. The molecule has 2 fully saturated rings. The Kier molecular flexibility index (Phi) is 3.27. The second-order valence-electron chi connectivity index (χ2n) is 5.73. The van der Waals surface area contributed by atoms with Gasteiger partial charge in [0.15, 0.2) is 0 Å². The van der Waals surface area contributed by atoms with Gasteiger partial charge in [0.2, 0.25) is 0 Å². The standard InChI is InChI=1S/C14H16F3NO2/c15-8-3-7(4-9(16)5-8)12(17)11-13(20)10(19)6-18-14(11)1-2-14/h3-5,10-13,18-20H,1-2,6H2/t10-,11?,12?,13+/m1/s1. The Labute approximate surface area is 114 Å². The largest absolute Gasteiger partial charge is 0.390 e. The van der Waals surface area contributed by atoms with Crippen LogP contribution in [0.15, 0.2) is 18.2 Å². The second kappa shape index (κ2) is 4.72. The molecule has 3 N–H and O–H groups in total. The normalized spacial score (nSPS) is 33.1. The molecular weight excluding hydrogens is 271 g/mol. The molecule has 1 heterocycles. The highest BCUT2D eigenvalue weighted by Gasteiger charge is 2.59. The van der Waals surface area contributed by atoms with Crippen molar-refractivity contribution in [3.8, 4) is 0 Å². The molecule has 1 aliphatic carbocycles. The van der Waals surface area contributed by atoms with Gasteiger partial charge in [-0.05, 0) is 30.5 Å². The fourth-order valence-corrected chi connectivity index (χ4v) is 3.15. The van der Waals surface area contributed by atoms with Crippen molar-refractivity contribution in [2.45, 2.75) is 36.8 Å². The number of halogens is 3. The van der Waals surface area contributed by atoms with Gasteiger partial charge in [-0.1, -0.05) is 0 Å². The summed E-state index contributed by atoms with van der Waals surface area (Å²) >= 11 is 0. The molecule has 0 bridgehead atoms. The van der Waals surface area contributed by atoms with Crippen molar-refractivity contribution in [3.05, 3.63) is 35.4 Å². The van der Waals surface area contributed by atoms with Crippen LogP contribution in [0.1, 0.15) is 24.6 Å². The van der Waals surface area contributed by atoms with E-state index >= 15 is 0 Å². The van der Waals surface area contributed by atoms with E-state index in [2.05, 4.69) is 5.32 Å². The molecule has 4 atom stereocenters. The zero-order chi connectivity index (χ0) is 14.5. The van der Waals surface area contributed by atoms with Crippen LogP contribution in [0.25, 0.3) is 0 Å². The second-order valence-corrected chi connectivity index (χ2v) is 5.73. The SMILES string of the molecule is O[C@@H]1CNC2(CC2)C(C(F)c2cc(F)cc(F)c2)[C@H]1O. The van der Waals surface area contributed by atoms with E-state index < -0.39 is 41.5 Å². The molecule has 1 saturated heterocycles. The fourth-order valence-electron chi connectivity index (χ4n) is 3.15. The minimum Gasteiger partial charge on any atom is -0.390 e. The molecule has 3 rings (SSSR count). The van der Waals surface area contributed by atoms with Crippen LogP contribution in [0.5, 0.6) is 0 Å². The van der Waals surface area contributed by atoms with Gasteiger partial charge in [-0.15, -0.1) is 0 Å². The van der Waals surface area contributed by atoms with Gasteiger partial charge in [0.05, 0.1) is 12.2 Å². The summed E-state index contributed by atoms with van der Waals surface area (Å²) in [6, 6.07) is 2.53. The summed E-state index contributed by atoms with van der Waals surface area (Å²) in [6.45, 7) is 0.196. The maximum Gasteiger partial charge on any atom is 0.132 e. The average Bonchev–Trinajstić information content (AvgIpc) is 3.14. The molecule has 2 aliphatic rings. The lowest BCUT2D eigenvalue weighted by molar-refractivity contribution is -0.0822. The summed E-state index contributed by atoms with van der Waals surface area (Å²) in [5.74, 6) is -2.62. The van der Waals surface area contributed by atoms with E-state index in [0.717, 1.165) is 12.1 Å². The lowest BCUT2D eigenvalue weighted by Gasteiger charge is -2.41. The van der Waals surface area contributed by atoms with Gasteiger partial charge >= 0.3 is 0 Å². The quantitative estimate of drug-likeness (QED) is 0.771. The van der Waals surface area contributed by atoms with Crippen molar-refractivity contribution in [1.29, 1.82) is 0 Å². The molecule has 20 heavy (non-hydrogen) atoms. The van der Waals surface area contributed by atoms with Gasteiger partial charge < -0.3 is 15.5 Å². The third-order valence-corrected chi connectivity index (χ3v) is 4.37. The predicted octanol–water partition coefficient (Wildman–Crippen LogP) is 1.45. The number of hydrogen-bond acceptors (Lipinski definition) is 3. The molecule has 1 saturated carbocycles. The van der Waals surface area contributed by atoms with Crippen molar-refractivity contribution in [1.82, 2.24) is 5.32 Å². The topological polar surface area (TPSA) is 52.5 Å². The molecule has 1 aliphatic heterocycles. The molecule has 1 aromatic rings. The number of rotatable bonds is 2. The lowest BCUT2D eigenvalue weighted by atomic mass is 9.78. The number of nitrogens with one attached hydrogen (secondary N) is 1. The minimum absolute atomic E-state index is 0.145. The highest BCUT2D eigenvalue weighted by molar-refractivity contribution is 5.25. The number of alkyl halides is 1. The van der Waals surface area contributed by atoms with E-state index in [0.29, 0.717) is 18.9 Å². The predicted molar refractivity (Wildman–Crippen MR) is 65.7 cm³/mol. The van der Waals surface area contributed by atoms with Crippen LogP contribution < -0.4 is 5.32 Å². The van der Waals surface area contributed by atoms with Crippen LogP contribution >= 0.6 is 0 Å². The van der Waals surface area contributed by atoms with Gasteiger partial charge in [0.25, 0.3) is 0 Å². The number of piperidine rings is 1. The van der Waals surface area contributed by atoms with E-state index in [4.69, 9.17) is 0 Å². The van der Waals surface area contributed by atoms with Gasteiger partial charge in [-0.2, -0.15) is 0 Å². The summed E-state index contributed by atoms with van der Waals surface area (Å²) < 4.78 is 41.1. The van der Waals surface area contributed by atoms with Crippen LogP contribution in [0.4, 0.5) is 13.2 Å². The van der Waals surface area contributed by atoms with Gasteiger partial charge in [0.1, 0.15) is 17.8 Å². The lowest BCUT2D eigenvalue weighted by Crippen LogP contribution is -2.59. The summed E-state index contributed by atoms with van der Waals surface area (Å²) in [4.78, 5) is 0. The molecule has 3 nitrogen and oxygen atoms in total. The Morgan fingerprint density at radius 3 is 2.30 bits per heavy atom. The Morgan fingerprint density at radius 1 is 1.15 bits per heavy atom. The van der Waals surface area contributed by atoms with Crippen molar-refractivity contribution < 1.29 is 23.4 Å². The summed E-state index contributed by atoms with van der Waals surface area (Å²) in [6.07, 6.45) is -2.71. The first-order chi connectivity index (χ1) is 9.43. The average molecular weight is 287 g/mol. The molecule has 1 aromatic carbocycles. The van der Waals surface area contributed by atoms with E-state index in [1.165, 1.54) is 0 Å². The zero-order valence-electron chi connectivity index (χ0n) is 10.7. The van der Waals surface area contributed by atoms with Crippen molar-refractivity contribution in [2.75, 3.05) is 6.54 Å². The zero-order valence-corrected chi connectivity index (χ0v) is 10.7. The van der Waals surface area contributed by atoms with Crippen molar-refractivity contribution in [2.24, 2.45) is 5.92 Å². The molecule has 0 aromatic heterocycles. The van der Waals surface area contributed by atoms with Gasteiger partial charge in [0, 0.05) is 24.1 Å². The Bertz CT molecular complexity index is 501. The molecule has 0 amide bonds. The first-order valence-electron chi connectivity index (χ1n) is 6.64. The number of β-amino-alcohol motifs (C(OH)–C–C–N with tert-alkyl or cyclic N) is 1. The Hall–Kier alpha value is -1.11. The van der Waals surface area contributed by atoms with Gasteiger partial charge in [-0.3, -0.25) is 0 Å². The minimum atomic E-state index is -1.74. The monoisotopic (exact) mass is 287 g/mol. The molecule has 0 radical (unpaired) electrons. The van der Waals surface area contributed by atoms with E-state index in [-0.39, 0.29) is 12.1 Å². The first-order valence-corrected chi connectivity index (χ1v) is 6.64. The van der Waals surface area contributed by atoms with E-state index in [1.807, 2.05) is 0 Å². The third kappa shape index (κ3) is 2.21. The molecule has 6 heteroatoms. The smallest absolute Gasteiger partial charge is 0.132 e. The summed E-state index contributed by atoms with van der Waals surface area (Å²) in [5, 5.41) is 22.8. The number of hydrogen-bond donors (Lipinski definition) is 3. The Morgan fingerprint density at radius 2 is 1.75 bits per heavy atom. The van der Waals surface area contributed by atoms with Crippen molar-refractivity contribution >= 4 is 0 Å². The maximum atomic E-state index is 14.7.